The van der Waals surface area contributed by atoms with Gasteiger partial charge in [-0.15, -0.1) is 11.3 Å². The van der Waals surface area contributed by atoms with E-state index in [9.17, 15) is 9.59 Å². The van der Waals surface area contributed by atoms with Crippen LogP contribution in [0, 0.1) is 5.92 Å². The summed E-state index contributed by atoms with van der Waals surface area (Å²) in [5, 5.41) is 10.4. The Kier molecular flexibility index (Phi) is 4.60. The molecule has 20 heavy (non-hydrogen) atoms. The zero-order valence-electron chi connectivity index (χ0n) is 11.7. The average Bonchev–Trinajstić information content (AvgIpc) is 3.04. The molecule has 1 amide bonds. The molecule has 0 aliphatic carbocycles. The molecule has 1 aliphatic heterocycles. The second-order valence-corrected chi connectivity index (χ2v) is 6.30. The number of hydrogen-bond acceptors (Lipinski definition) is 3. The van der Waals surface area contributed by atoms with Gasteiger partial charge >= 0.3 is 5.97 Å². The van der Waals surface area contributed by atoms with Crippen molar-refractivity contribution in [1.82, 2.24) is 4.90 Å². The first kappa shape index (κ1) is 14.8. The van der Waals surface area contributed by atoms with Crippen molar-refractivity contribution in [3.8, 4) is 0 Å². The second-order valence-electron chi connectivity index (χ2n) is 5.36. The number of nitrogens with zero attached hydrogens (tertiary/aromatic N) is 1. The SMILES string of the molecule is CC(C)C1CCCN1C(=O)c1csc(C=CC(=O)O)c1. The van der Waals surface area contributed by atoms with Crippen LogP contribution in [0.15, 0.2) is 17.5 Å². The van der Waals surface area contributed by atoms with Crippen LogP contribution < -0.4 is 0 Å². The standard InChI is InChI=1S/C15H19NO3S/c1-10(2)13-4-3-7-16(13)15(19)11-8-12(20-9-11)5-6-14(17)18/h5-6,8-10,13H,3-4,7H2,1-2H3,(H,17,18). The maximum atomic E-state index is 12.5. The Labute approximate surface area is 122 Å². The molecule has 108 valence electrons. The monoisotopic (exact) mass is 293 g/mol. The summed E-state index contributed by atoms with van der Waals surface area (Å²) in [6.07, 6.45) is 4.74. The number of amides is 1. The van der Waals surface area contributed by atoms with Gasteiger partial charge in [-0.3, -0.25) is 4.79 Å². The third-order valence-corrected chi connectivity index (χ3v) is 4.48. The fourth-order valence-electron chi connectivity index (χ4n) is 2.61. The van der Waals surface area contributed by atoms with Crippen LogP contribution >= 0.6 is 11.3 Å². The first-order valence-electron chi connectivity index (χ1n) is 6.79. The lowest BCUT2D eigenvalue weighted by Crippen LogP contribution is -2.38. The van der Waals surface area contributed by atoms with E-state index in [2.05, 4.69) is 13.8 Å². The molecule has 0 saturated carbocycles. The van der Waals surface area contributed by atoms with E-state index in [1.54, 1.807) is 11.4 Å². The van der Waals surface area contributed by atoms with E-state index in [1.807, 2.05) is 4.90 Å². The summed E-state index contributed by atoms with van der Waals surface area (Å²) in [4.78, 5) is 25.7. The van der Waals surface area contributed by atoms with Gasteiger partial charge in [0.1, 0.15) is 0 Å². The van der Waals surface area contributed by atoms with Crippen molar-refractivity contribution >= 4 is 29.3 Å². The van der Waals surface area contributed by atoms with E-state index in [0.717, 1.165) is 30.3 Å². The minimum Gasteiger partial charge on any atom is -0.478 e. The van der Waals surface area contributed by atoms with Gasteiger partial charge in [-0.2, -0.15) is 0 Å². The number of carboxylic acid groups (broad SMARTS) is 1. The number of rotatable bonds is 4. The van der Waals surface area contributed by atoms with Crippen LogP contribution in [0.5, 0.6) is 0 Å². The fourth-order valence-corrected chi connectivity index (χ4v) is 3.38. The molecular weight excluding hydrogens is 274 g/mol. The normalized spacial score (nSPS) is 19.1. The van der Waals surface area contributed by atoms with Gasteiger partial charge in [0, 0.05) is 28.9 Å². The zero-order chi connectivity index (χ0) is 14.7. The Morgan fingerprint density at radius 3 is 2.90 bits per heavy atom. The van der Waals surface area contributed by atoms with Crippen LogP contribution in [-0.4, -0.2) is 34.5 Å². The molecule has 1 fully saturated rings. The topological polar surface area (TPSA) is 57.6 Å². The highest BCUT2D eigenvalue weighted by atomic mass is 32.1. The lowest BCUT2D eigenvalue weighted by molar-refractivity contribution is -0.131. The summed E-state index contributed by atoms with van der Waals surface area (Å²) in [6.45, 7) is 5.10. The maximum Gasteiger partial charge on any atom is 0.328 e. The predicted octanol–water partition coefficient (Wildman–Crippen LogP) is 3.11. The van der Waals surface area contributed by atoms with Crippen LogP contribution in [0.2, 0.25) is 0 Å². The van der Waals surface area contributed by atoms with Crippen LogP contribution in [0.3, 0.4) is 0 Å². The minimum atomic E-state index is -0.981. The Balaban J connectivity index is 2.11. The lowest BCUT2D eigenvalue weighted by atomic mass is 10.0. The number of carbonyl (C=O) groups excluding carboxylic acids is 1. The third kappa shape index (κ3) is 3.28. The maximum absolute atomic E-state index is 12.5. The molecule has 1 aromatic heterocycles. The largest absolute Gasteiger partial charge is 0.478 e. The van der Waals surface area contributed by atoms with Gasteiger partial charge in [-0.05, 0) is 30.9 Å². The lowest BCUT2D eigenvalue weighted by Gasteiger charge is -2.27. The first-order chi connectivity index (χ1) is 9.49. The van der Waals surface area contributed by atoms with Gasteiger partial charge in [-0.1, -0.05) is 13.8 Å². The molecule has 0 bridgehead atoms. The van der Waals surface area contributed by atoms with E-state index >= 15 is 0 Å². The number of carbonyl (C=O) groups is 2. The molecule has 1 unspecified atom stereocenters. The van der Waals surface area contributed by atoms with Crippen molar-refractivity contribution in [1.29, 1.82) is 0 Å². The molecule has 4 nitrogen and oxygen atoms in total. The van der Waals surface area contributed by atoms with Crippen molar-refractivity contribution in [3.05, 3.63) is 28.0 Å². The van der Waals surface area contributed by atoms with Crippen molar-refractivity contribution in [2.45, 2.75) is 32.7 Å². The summed E-state index contributed by atoms with van der Waals surface area (Å²) in [5.41, 5.74) is 0.660. The molecule has 1 atom stereocenters. The second kappa shape index (κ2) is 6.22. The van der Waals surface area contributed by atoms with Gasteiger partial charge in [0.15, 0.2) is 0 Å². The summed E-state index contributed by atoms with van der Waals surface area (Å²) in [5.74, 6) is -0.454. The molecule has 1 aliphatic rings. The first-order valence-corrected chi connectivity index (χ1v) is 7.67. The molecule has 0 radical (unpaired) electrons. The van der Waals surface area contributed by atoms with E-state index in [1.165, 1.54) is 17.4 Å². The molecule has 0 aromatic carbocycles. The van der Waals surface area contributed by atoms with Gasteiger partial charge in [0.2, 0.25) is 0 Å². The van der Waals surface area contributed by atoms with Gasteiger partial charge < -0.3 is 10.0 Å². The molecule has 5 heteroatoms. The summed E-state index contributed by atoms with van der Waals surface area (Å²) < 4.78 is 0. The number of carboxylic acids is 1. The third-order valence-electron chi connectivity index (χ3n) is 3.59. The Morgan fingerprint density at radius 2 is 2.25 bits per heavy atom. The molecule has 2 heterocycles. The molecule has 1 aromatic rings. The van der Waals surface area contributed by atoms with Gasteiger partial charge in [0.05, 0.1) is 5.56 Å². The molecule has 2 rings (SSSR count). The predicted molar refractivity (Wildman–Crippen MR) is 79.9 cm³/mol. The summed E-state index contributed by atoms with van der Waals surface area (Å²) in [7, 11) is 0. The highest BCUT2D eigenvalue weighted by Crippen LogP contribution is 2.27. The minimum absolute atomic E-state index is 0.0624. The van der Waals surface area contributed by atoms with E-state index in [0.29, 0.717) is 17.5 Å². The highest BCUT2D eigenvalue weighted by Gasteiger charge is 2.31. The molecule has 0 spiro atoms. The average molecular weight is 293 g/mol. The van der Waals surface area contributed by atoms with E-state index in [-0.39, 0.29) is 5.91 Å². The Bertz CT molecular complexity index is 533. The van der Waals surface area contributed by atoms with Crippen LogP contribution in [0.4, 0.5) is 0 Å². The molecular formula is C15H19NO3S. The van der Waals surface area contributed by atoms with Crippen LogP contribution in [-0.2, 0) is 4.79 Å². The zero-order valence-corrected chi connectivity index (χ0v) is 12.5. The van der Waals surface area contributed by atoms with Crippen molar-refractivity contribution in [3.63, 3.8) is 0 Å². The number of likely N-dealkylation sites (tertiary alicyclic amines) is 1. The van der Waals surface area contributed by atoms with E-state index in [4.69, 9.17) is 5.11 Å². The van der Waals surface area contributed by atoms with Gasteiger partial charge in [-0.25, -0.2) is 4.79 Å². The van der Waals surface area contributed by atoms with Crippen molar-refractivity contribution < 1.29 is 14.7 Å². The molecule has 1 saturated heterocycles. The Hall–Kier alpha value is -1.62. The van der Waals surface area contributed by atoms with E-state index < -0.39 is 5.97 Å². The fraction of sp³-hybridized carbons (Fsp3) is 0.467. The van der Waals surface area contributed by atoms with Crippen molar-refractivity contribution in [2.75, 3.05) is 6.54 Å². The van der Waals surface area contributed by atoms with Crippen LogP contribution in [0.1, 0.15) is 41.9 Å². The highest BCUT2D eigenvalue weighted by molar-refractivity contribution is 7.11. The summed E-state index contributed by atoms with van der Waals surface area (Å²) >= 11 is 1.39. The number of aliphatic carboxylic acids is 1. The Morgan fingerprint density at radius 1 is 1.50 bits per heavy atom. The summed E-state index contributed by atoms with van der Waals surface area (Å²) in [6, 6.07) is 2.09. The van der Waals surface area contributed by atoms with Gasteiger partial charge in [0.25, 0.3) is 5.91 Å². The quantitative estimate of drug-likeness (QED) is 0.868. The number of hydrogen-bond donors (Lipinski definition) is 1. The van der Waals surface area contributed by atoms with Crippen LogP contribution in [0.25, 0.3) is 6.08 Å². The smallest absolute Gasteiger partial charge is 0.328 e. The number of thiophene rings is 1. The molecule has 1 N–H and O–H groups in total. The van der Waals surface area contributed by atoms with Crippen molar-refractivity contribution in [2.24, 2.45) is 5.92 Å².